The van der Waals surface area contributed by atoms with Crippen LogP contribution in [-0.4, -0.2) is 30.6 Å². The lowest BCUT2D eigenvalue weighted by atomic mass is 9.96. The second-order valence-electron chi connectivity index (χ2n) is 6.70. The smallest absolute Gasteiger partial charge is 0.0233 e. The van der Waals surface area contributed by atoms with Crippen LogP contribution in [0, 0.1) is 19.8 Å². The third-order valence-electron chi connectivity index (χ3n) is 4.50. The third kappa shape index (κ3) is 4.60. The number of benzene rings is 1. The van der Waals surface area contributed by atoms with Crippen molar-refractivity contribution in [1.29, 1.82) is 0 Å². The minimum Gasteiger partial charge on any atom is -0.314 e. The van der Waals surface area contributed by atoms with Gasteiger partial charge in [-0.2, -0.15) is 0 Å². The fraction of sp³-hybridized carbons (Fsp3) is 0.667. The molecule has 1 aliphatic rings. The van der Waals surface area contributed by atoms with Gasteiger partial charge in [0.05, 0.1) is 0 Å². The van der Waals surface area contributed by atoms with E-state index in [1.54, 1.807) is 0 Å². The van der Waals surface area contributed by atoms with Crippen LogP contribution in [0.3, 0.4) is 0 Å². The number of hydrogen-bond acceptors (Lipinski definition) is 2. The van der Waals surface area contributed by atoms with E-state index in [2.05, 4.69) is 56.1 Å². The van der Waals surface area contributed by atoms with Crippen molar-refractivity contribution >= 4 is 0 Å². The van der Waals surface area contributed by atoms with Crippen LogP contribution in [0.25, 0.3) is 0 Å². The average molecular weight is 274 g/mol. The highest BCUT2D eigenvalue weighted by molar-refractivity contribution is 5.29. The Bertz CT molecular complexity index is 417. The Hall–Kier alpha value is -0.860. The molecule has 0 amide bonds. The number of rotatable bonds is 5. The topological polar surface area (TPSA) is 15.3 Å². The Morgan fingerprint density at radius 1 is 1.15 bits per heavy atom. The first kappa shape index (κ1) is 15.5. The summed E-state index contributed by atoms with van der Waals surface area (Å²) in [6.45, 7) is 13.7. The van der Waals surface area contributed by atoms with Gasteiger partial charge in [0.1, 0.15) is 0 Å². The van der Waals surface area contributed by atoms with Gasteiger partial charge in [-0.15, -0.1) is 0 Å². The second-order valence-corrected chi connectivity index (χ2v) is 6.70. The number of likely N-dealkylation sites (tertiary alicyclic amines) is 1. The van der Waals surface area contributed by atoms with Crippen LogP contribution < -0.4 is 5.32 Å². The number of nitrogens with zero attached hydrogens (tertiary/aromatic N) is 1. The largest absolute Gasteiger partial charge is 0.314 e. The molecule has 0 spiro atoms. The fourth-order valence-electron chi connectivity index (χ4n) is 2.91. The van der Waals surface area contributed by atoms with Gasteiger partial charge in [0, 0.05) is 12.6 Å². The molecule has 2 rings (SSSR count). The van der Waals surface area contributed by atoms with Crippen LogP contribution in [0.2, 0.25) is 0 Å². The van der Waals surface area contributed by atoms with Crippen molar-refractivity contribution in [2.45, 2.75) is 53.1 Å². The van der Waals surface area contributed by atoms with Gasteiger partial charge < -0.3 is 5.32 Å². The van der Waals surface area contributed by atoms with Crippen LogP contribution in [-0.2, 0) is 6.54 Å². The minimum absolute atomic E-state index is 0.614. The molecule has 2 heteroatoms. The molecule has 1 aliphatic heterocycles. The zero-order chi connectivity index (χ0) is 14.5. The van der Waals surface area contributed by atoms with Crippen LogP contribution in [0.5, 0.6) is 0 Å². The summed E-state index contributed by atoms with van der Waals surface area (Å²) < 4.78 is 0. The Kier molecular flexibility index (Phi) is 5.62. The van der Waals surface area contributed by atoms with Crippen molar-refractivity contribution in [2.75, 3.05) is 19.6 Å². The summed E-state index contributed by atoms with van der Waals surface area (Å²) in [5.74, 6) is 0.869. The highest BCUT2D eigenvalue weighted by Gasteiger charge is 2.19. The summed E-state index contributed by atoms with van der Waals surface area (Å²) in [4.78, 5) is 2.61. The van der Waals surface area contributed by atoms with Crippen LogP contribution in [0.15, 0.2) is 18.2 Å². The summed E-state index contributed by atoms with van der Waals surface area (Å²) in [5, 5.41) is 3.57. The van der Waals surface area contributed by atoms with E-state index < -0.39 is 0 Å². The first-order valence-electron chi connectivity index (χ1n) is 8.06. The molecule has 112 valence electrons. The Balaban J connectivity index is 1.77. The van der Waals surface area contributed by atoms with Gasteiger partial charge in [0.15, 0.2) is 0 Å². The van der Waals surface area contributed by atoms with E-state index in [0.29, 0.717) is 6.04 Å². The first-order valence-corrected chi connectivity index (χ1v) is 8.06. The highest BCUT2D eigenvalue weighted by Crippen LogP contribution is 2.19. The maximum absolute atomic E-state index is 3.57. The highest BCUT2D eigenvalue weighted by atomic mass is 15.1. The summed E-state index contributed by atoms with van der Waals surface area (Å²) in [7, 11) is 0. The zero-order valence-corrected chi connectivity index (χ0v) is 13.6. The number of hydrogen-bond donors (Lipinski definition) is 1. The van der Waals surface area contributed by atoms with Gasteiger partial charge in [0.2, 0.25) is 0 Å². The van der Waals surface area contributed by atoms with E-state index in [0.717, 1.165) is 12.5 Å². The van der Waals surface area contributed by atoms with Gasteiger partial charge in [-0.25, -0.2) is 0 Å². The molecule has 0 aromatic heterocycles. The summed E-state index contributed by atoms with van der Waals surface area (Å²) in [6.07, 6.45) is 2.68. The summed E-state index contributed by atoms with van der Waals surface area (Å²) in [6, 6.07) is 7.50. The monoisotopic (exact) mass is 274 g/mol. The zero-order valence-electron chi connectivity index (χ0n) is 13.6. The van der Waals surface area contributed by atoms with Crippen LogP contribution >= 0.6 is 0 Å². The molecule has 0 atom stereocenters. The Labute approximate surface area is 124 Å². The van der Waals surface area contributed by atoms with Gasteiger partial charge in [-0.3, -0.25) is 4.90 Å². The molecular weight excluding hydrogens is 244 g/mol. The van der Waals surface area contributed by atoms with Crippen LogP contribution in [0.1, 0.15) is 43.4 Å². The minimum atomic E-state index is 0.614. The molecule has 1 aromatic rings. The number of nitrogens with one attached hydrogen (secondary N) is 1. The predicted octanol–water partition coefficient (Wildman–Crippen LogP) is 3.51. The van der Waals surface area contributed by atoms with E-state index in [-0.39, 0.29) is 0 Å². The molecule has 1 saturated heterocycles. The lowest BCUT2D eigenvalue weighted by Gasteiger charge is -2.32. The molecule has 0 unspecified atom stereocenters. The van der Waals surface area contributed by atoms with Crippen molar-refractivity contribution in [2.24, 2.45) is 5.92 Å². The first-order chi connectivity index (χ1) is 9.54. The molecule has 0 bridgehead atoms. The lowest BCUT2D eigenvalue weighted by Crippen LogP contribution is -2.38. The maximum Gasteiger partial charge on any atom is 0.0233 e. The number of piperidine rings is 1. The molecule has 20 heavy (non-hydrogen) atoms. The number of aryl methyl sites for hydroxylation is 2. The molecule has 0 aliphatic carbocycles. The molecule has 2 nitrogen and oxygen atoms in total. The van der Waals surface area contributed by atoms with E-state index in [1.165, 1.54) is 49.2 Å². The van der Waals surface area contributed by atoms with E-state index in [9.17, 15) is 0 Å². The molecule has 1 aromatic carbocycles. The van der Waals surface area contributed by atoms with Crippen molar-refractivity contribution < 1.29 is 0 Å². The van der Waals surface area contributed by atoms with Crippen molar-refractivity contribution in [1.82, 2.24) is 10.2 Å². The van der Waals surface area contributed by atoms with E-state index in [4.69, 9.17) is 0 Å². The third-order valence-corrected chi connectivity index (χ3v) is 4.50. The van der Waals surface area contributed by atoms with Crippen molar-refractivity contribution in [3.63, 3.8) is 0 Å². The standard InChI is InChI=1S/C18H30N2/c1-14(2)19-12-17-7-9-20(10-8-17)13-18-6-5-15(3)16(4)11-18/h5-6,11,14,17,19H,7-10,12-13H2,1-4H3. The fourth-order valence-corrected chi connectivity index (χ4v) is 2.91. The molecule has 0 radical (unpaired) electrons. The van der Waals surface area contributed by atoms with Gasteiger partial charge in [0.25, 0.3) is 0 Å². The lowest BCUT2D eigenvalue weighted by molar-refractivity contribution is 0.174. The van der Waals surface area contributed by atoms with Gasteiger partial charge in [-0.1, -0.05) is 32.0 Å². The second kappa shape index (κ2) is 7.24. The Morgan fingerprint density at radius 3 is 2.45 bits per heavy atom. The average Bonchev–Trinajstić information content (AvgIpc) is 2.42. The Morgan fingerprint density at radius 2 is 1.85 bits per heavy atom. The van der Waals surface area contributed by atoms with Crippen LogP contribution in [0.4, 0.5) is 0 Å². The van der Waals surface area contributed by atoms with Gasteiger partial charge >= 0.3 is 0 Å². The maximum atomic E-state index is 3.57. The molecule has 1 fully saturated rings. The predicted molar refractivity (Wildman–Crippen MR) is 87.1 cm³/mol. The molecule has 1 heterocycles. The summed E-state index contributed by atoms with van der Waals surface area (Å²) in [5.41, 5.74) is 4.28. The van der Waals surface area contributed by atoms with Crippen molar-refractivity contribution in [3.8, 4) is 0 Å². The van der Waals surface area contributed by atoms with Gasteiger partial charge in [-0.05, 0) is 68.9 Å². The molecule has 1 N–H and O–H groups in total. The van der Waals surface area contributed by atoms with E-state index >= 15 is 0 Å². The quantitative estimate of drug-likeness (QED) is 0.884. The summed E-state index contributed by atoms with van der Waals surface area (Å²) >= 11 is 0. The van der Waals surface area contributed by atoms with E-state index in [1.807, 2.05) is 0 Å². The SMILES string of the molecule is Cc1ccc(CN2CCC(CNC(C)C)CC2)cc1C. The molecule has 0 saturated carbocycles. The molecular formula is C18H30N2. The van der Waals surface area contributed by atoms with Crippen molar-refractivity contribution in [3.05, 3.63) is 34.9 Å². The normalized spacial score (nSPS) is 17.9.